The van der Waals surface area contributed by atoms with Gasteiger partial charge in [0.1, 0.15) is 5.75 Å². The van der Waals surface area contributed by atoms with Crippen molar-refractivity contribution in [3.05, 3.63) is 47.3 Å². The summed E-state index contributed by atoms with van der Waals surface area (Å²) in [5.74, 6) is 1.73. The van der Waals surface area contributed by atoms with Gasteiger partial charge in [-0.1, -0.05) is 12.1 Å². The first-order valence-corrected chi connectivity index (χ1v) is 9.16. The highest BCUT2D eigenvalue weighted by Crippen LogP contribution is 2.21. The molecule has 0 aliphatic carbocycles. The van der Waals surface area contributed by atoms with Gasteiger partial charge in [0.05, 0.1) is 12.3 Å². The average molecular weight is 485 g/mol. The summed E-state index contributed by atoms with van der Waals surface area (Å²) in [6, 6.07) is 6.30. The third-order valence-corrected chi connectivity index (χ3v) is 3.95. The summed E-state index contributed by atoms with van der Waals surface area (Å²) in [4.78, 5) is 4.30. The molecule has 7 heteroatoms. The number of guanidine groups is 1. The van der Waals surface area contributed by atoms with E-state index in [1.165, 1.54) is 11.1 Å². The van der Waals surface area contributed by atoms with Crippen LogP contribution < -0.4 is 15.4 Å². The van der Waals surface area contributed by atoms with Crippen molar-refractivity contribution in [2.45, 2.75) is 46.3 Å². The molecule has 0 aliphatic rings. The smallest absolute Gasteiger partial charge is 0.191 e. The second kappa shape index (κ2) is 11.8. The van der Waals surface area contributed by atoms with E-state index in [2.05, 4.69) is 52.0 Å². The van der Waals surface area contributed by atoms with Crippen molar-refractivity contribution in [3.8, 4) is 5.75 Å². The minimum atomic E-state index is 0. The Morgan fingerprint density at radius 2 is 2.07 bits per heavy atom. The largest absolute Gasteiger partial charge is 0.491 e. The van der Waals surface area contributed by atoms with Crippen molar-refractivity contribution >= 4 is 29.9 Å². The number of nitrogens with one attached hydrogen (secondary N) is 2. The van der Waals surface area contributed by atoms with Crippen molar-refractivity contribution in [1.82, 2.24) is 20.4 Å². The highest BCUT2D eigenvalue weighted by atomic mass is 127. The highest BCUT2D eigenvalue weighted by molar-refractivity contribution is 14.0. The van der Waals surface area contributed by atoms with E-state index in [0.29, 0.717) is 6.54 Å². The Bertz CT molecular complexity index is 727. The van der Waals surface area contributed by atoms with Crippen molar-refractivity contribution in [2.75, 3.05) is 13.6 Å². The average Bonchev–Trinajstić information content (AvgIpc) is 3.00. The van der Waals surface area contributed by atoms with Crippen LogP contribution in [0.4, 0.5) is 0 Å². The van der Waals surface area contributed by atoms with E-state index in [0.717, 1.165) is 36.7 Å². The molecule has 0 saturated heterocycles. The van der Waals surface area contributed by atoms with Gasteiger partial charge in [0, 0.05) is 38.9 Å². The molecular weight excluding hydrogens is 453 g/mol. The normalized spacial score (nSPS) is 11.3. The monoisotopic (exact) mass is 485 g/mol. The summed E-state index contributed by atoms with van der Waals surface area (Å²) >= 11 is 0. The van der Waals surface area contributed by atoms with Gasteiger partial charge in [0.25, 0.3) is 0 Å². The molecular formula is C20H32IN5O. The summed E-state index contributed by atoms with van der Waals surface area (Å²) in [5.41, 5.74) is 3.58. The molecule has 27 heavy (non-hydrogen) atoms. The first kappa shape index (κ1) is 23.3. The lowest BCUT2D eigenvalue weighted by atomic mass is 10.1. The van der Waals surface area contributed by atoms with Gasteiger partial charge in [-0.05, 0) is 50.8 Å². The molecule has 0 fully saturated rings. The van der Waals surface area contributed by atoms with Crippen molar-refractivity contribution in [2.24, 2.45) is 12.0 Å². The zero-order valence-electron chi connectivity index (χ0n) is 17.0. The molecule has 1 aromatic heterocycles. The summed E-state index contributed by atoms with van der Waals surface area (Å²) in [7, 11) is 3.73. The summed E-state index contributed by atoms with van der Waals surface area (Å²) in [5, 5.41) is 10.9. The van der Waals surface area contributed by atoms with E-state index >= 15 is 0 Å². The maximum absolute atomic E-state index is 5.93. The molecule has 1 heterocycles. The van der Waals surface area contributed by atoms with E-state index in [-0.39, 0.29) is 30.1 Å². The number of benzene rings is 1. The molecule has 0 radical (unpaired) electrons. The van der Waals surface area contributed by atoms with Gasteiger partial charge in [-0.3, -0.25) is 9.67 Å². The fourth-order valence-electron chi connectivity index (χ4n) is 2.67. The quantitative estimate of drug-likeness (QED) is 0.260. The number of aliphatic imine (C=N–C) groups is 1. The molecule has 0 bridgehead atoms. The minimum Gasteiger partial charge on any atom is -0.491 e. The Morgan fingerprint density at radius 1 is 1.30 bits per heavy atom. The van der Waals surface area contributed by atoms with Crippen LogP contribution in [0.15, 0.2) is 35.6 Å². The maximum atomic E-state index is 5.93. The van der Waals surface area contributed by atoms with Crippen LogP contribution in [0.3, 0.4) is 0 Å². The third-order valence-electron chi connectivity index (χ3n) is 3.95. The second-order valence-electron chi connectivity index (χ2n) is 6.76. The summed E-state index contributed by atoms with van der Waals surface area (Å²) in [6.07, 6.45) is 6.16. The Kier molecular flexibility index (Phi) is 10.2. The topological polar surface area (TPSA) is 63.5 Å². The van der Waals surface area contributed by atoms with Gasteiger partial charge in [-0.25, -0.2) is 0 Å². The van der Waals surface area contributed by atoms with Crippen LogP contribution in [-0.2, 0) is 20.0 Å². The fraction of sp³-hybridized carbons (Fsp3) is 0.500. The van der Waals surface area contributed by atoms with Crippen LogP contribution >= 0.6 is 24.0 Å². The van der Waals surface area contributed by atoms with Crippen molar-refractivity contribution < 1.29 is 4.74 Å². The van der Waals surface area contributed by atoms with E-state index in [4.69, 9.17) is 4.74 Å². The number of hydrogen-bond acceptors (Lipinski definition) is 3. The zero-order chi connectivity index (χ0) is 18.9. The molecule has 0 amide bonds. The molecule has 0 aliphatic heterocycles. The first-order valence-electron chi connectivity index (χ1n) is 9.16. The number of rotatable bonds is 8. The van der Waals surface area contributed by atoms with Gasteiger partial charge in [-0.2, -0.15) is 5.10 Å². The molecule has 2 rings (SSSR count). The summed E-state index contributed by atoms with van der Waals surface area (Å²) in [6.45, 7) is 7.69. The molecule has 2 aromatic rings. The minimum absolute atomic E-state index is 0. The van der Waals surface area contributed by atoms with Crippen LogP contribution in [0.2, 0.25) is 0 Å². The number of aryl methyl sites for hydroxylation is 3. The van der Waals surface area contributed by atoms with Crippen LogP contribution in [0, 0.1) is 6.92 Å². The molecule has 150 valence electrons. The van der Waals surface area contributed by atoms with Gasteiger partial charge in [0.2, 0.25) is 0 Å². The van der Waals surface area contributed by atoms with Gasteiger partial charge >= 0.3 is 0 Å². The van der Waals surface area contributed by atoms with E-state index < -0.39 is 0 Å². The van der Waals surface area contributed by atoms with Crippen molar-refractivity contribution in [1.29, 1.82) is 0 Å². The van der Waals surface area contributed by atoms with Crippen molar-refractivity contribution in [3.63, 3.8) is 0 Å². The fourth-order valence-corrected chi connectivity index (χ4v) is 2.67. The zero-order valence-corrected chi connectivity index (χ0v) is 19.3. The number of aromatic nitrogens is 2. The lowest BCUT2D eigenvalue weighted by molar-refractivity contribution is 0.239. The molecule has 0 saturated carbocycles. The maximum Gasteiger partial charge on any atom is 0.191 e. The van der Waals surface area contributed by atoms with E-state index in [1.54, 1.807) is 7.05 Å². The lowest BCUT2D eigenvalue weighted by Gasteiger charge is -2.17. The summed E-state index contributed by atoms with van der Waals surface area (Å²) < 4.78 is 7.77. The van der Waals surface area contributed by atoms with Crippen LogP contribution in [0.25, 0.3) is 0 Å². The van der Waals surface area contributed by atoms with Gasteiger partial charge < -0.3 is 15.4 Å². The molecule has 6 nitrogen and oxygen atoms in total. The molecule has 0 atom stereocenters. The Labute approximate surface area is 179 Å². The second-order valence-corrected chi connectivity index (χ2v) is 6.76. The lowest BCUT2D eigenvalue weighted by Crippen LogP contribution is -2.37. The number of hydrogen-bond donors (Lipinski definition) is 2. The molecule has 1 aromatic carbocycles. The predicted octanol–water partition coefficient (Wildman–Crippen LogP) is 3.43. The van der Waals surface area contributed by atoms with E-state index in [1.807, 2.05) is 31.8 Å². The molecule has 0 spiro atoms. The molecule has 2 N–H and O–H groups in total. The van der Waals surface area contributed by atoms with Crippen LogP contribution in [0.1, 0.15) is 37.0 Å². The number of nitrogens with zero attached hydrogens (tertiary/aromatic N) is 3. The van der Waals surface area contributed by atoms with E-state index in [9.17, 15) is 0 Å². The van der Waals surface area contributed by atoms with Gasteiger partial charge in [0.15, 0.2) is 5.96 Å². The Hall–Kier alpha value is -1.77. The number of halogens is 1. The Morgan fingerprint density at radius 3 is 2.70 bits per heavy atom. The predicted molar refractivity (Wildman–Crippen MR) is 122 cm³/mol. The first-order chi connectivity index (χ1) is 12.5. The molecule has 0 unspecified atom stereocenters. The van der Waals surface area contributed by atoms with Crippen LogP contribution in [0.5, 0.6) is 5.75 Å². The SMILES string of the molecule is CN=C(NCCCc1cnn(C)c1)NCc1ccc(C)cc1OC(C)C.I. The Balaban J connectivity index is 0.00000364. The standard InChI is InChI=1S/C20H31N5O.HI/c1-15(2)26-19-11-16(3)8-9-18(19)13-23-20(21-4)22-10-6-7-17-12-24-25(5)14-17;/h8-9,11-12,14-15H,6-7,10,13H2,1-5H3,(H2,21,22,23);1H. The highest BCUT2D eigenvalue weighted by Gasteiger charge is 2.07. The number of ether oxygens (including phenoxy) is 1. The third kappa shape index (κ3) is 8.19. The van der Waals surface area contributed by atoms with Gasteiger partial charge in [-0.15, -0.1) is 24.0 Å². The van der Waals surface area contributed by atoms with Crippen LogP contribution in [-0.4, -0.2) is 35.4 Å².